The number of ether oxygens (including phenoxy) is 1. The average molecular weight is 448 g/mol. The summed E-state index contributed by atoms with van der Waals surface area (Å²) in [5.41, 5.74) is 0. The van der Waals surface area contributed by atoms with E-state index in [0.717, 1.165) is 64.0 Å². The molecule has 24 heavy (non-hydrogen) atoms. The summed E-state index contributed by atoms with van der Waals surface area (Å²) in [6, 6.07) is 0. The minimum atomic E-state index is 0. The molecule has 0 spiro atoms. The lowest BCUT2D eigenvalue weighted by atomic mass is 10.2. The Morgan fingerprint density at radius 1 is 1.38 bits per heavy atom. The zero-order valence-electron chi connectivity index (χ0n) is 14.5. The van der Waals surface area contributed by atoms with Gasteiger partial charge >= 0.3 is 0 Å². The monoisotopic (exact) mass is 448 g/mol. The number of rotatable bonds is 6. The van der Waals surface area contributed by atoms with E-state index >= 15 is 0 Å². The third-order valence-electron chi connectivity index (χ3n) is 4.52. The molecule has 0 saturated carbocycles. The van der Waals surface area contributed by atoms with Crippen molar-refractivity contribution in [2.75, 3.05) is 32.8 Å². The lowest BCUT2D eigenvalue weighted by Crippen LogP contribution is -2.41. The molecule has 7 nitrogen and oxygen atoms in total. The van der Waals surface area contributed by atoms with Crippen LogP contribution >= 0.6 is 24.0 Å². The van der Waals surface area contributed by atoms with Gasteiger partial charge < -0.3 is 19.5 Å². The smallest absolute Gasteiger partial charge is 0.194 e. The minimum absolute atomic E-state index is 0. The molecule has 0 radical (unpaired) electrons. The molecule has 1 aromatic heterocycles. The number of aryl methyl sites for hydroxylation is 1. The number of guanidine groups is 1. The average Bonchev–Trinajstić information content (AvgIpc) is 3.33. The fraction of sp³-hybridized carbons (Fsp3) is 0.812. The van der Waals surface area contributed by atoms with Crippen LogP contribution in [0.3, 0.4) is 0 Å². The van der Waals surface area contributed by atoms with Gasteiger partial charge in [-0.1, -0.05) is 6.92 Å². The maximum atomic E-state index is 5.69. The molecule has 0 aromatic carbocycles. The van der Waals surface area contributed by atoms with Crippen LogP contribution in [0.4, 0.5) is 0 Å². The van der Waals surface area contributed by atoms with Gasteiger partial charge in [-0.25, -0.2) is 0 Å². The van der Waals surface area contributed by atoms with Crippen molar-refractivity contribution in [2.24, 2.45) is 4.99 Å². The summed E-state index contributed by atoms with van der Waals surface area (Å²) in [5, 5.41) is 11.6. The Labute approximate surface area is 161 Å². The van der Waals surface area contributed by atoms with Crippen molar-refractivity contribution in [1.29, 1.82) is 0 Å². The van der Waals surface area contributed by atoms with Gasteiger partial charge in [0.15, 0.2) is 5.96 Å². The van der Waals surface area contributed by atoms with Gasteiger partial charge in [-0.2, -0.15) is 0 Å². The van der Waals surface area contributed by atoms with Crippen molar-refractivity contribution in [1.82, 2.24) is 25.0 Å². The van der Waals surface area contributed by atoms with E-state index in [9.17, 15) is 0 Å². The van der Waals surface area contributed by atoms with E-state index in [4.69, 9.17) is 9.73 Å². The van der Waals surface area contributed by atoms with Crippen LogP contribution in [0.1, 0.15) is 38.4 Å². The molecular formula is C16H29IN6O. The van der Waals surface area contributed by atoms with Crippen LogP contribution in [0, 0.1) is 0 Å². The molecular weight excluding hydrogens is 419 g/mol. The second-order valence-corrected chi connectivity index (χ2v) is 6.21. The zero-order chi connectivity index (χ0) is 15.9. The SMILES string of the molecule is CCc1nncn1CCNC(=NCC1CCCO1)N1CCCC1.I. The lowest BCUT2D eigenvalue weighted by Gasteiger charge is -2.22. The molecule has 1 aromatic rings. The highest BCUT2D eigenvalue weighted by molar-refractivity contribution is 14.0. The molecule has 3 heterocycles. The molecule has 3 rings (SSSR count). The zero-order valence-corrected chi connectivity index (χ0v) is 16.8. The van der Waals surface area contributed by atoms with Crippen molar-refractivity contribution in [3.8, 4) is 0 Å². The van der Waals surface area contributed by atoms with Crippen molar-refractivity contribution in [3.63, 3.8) is 0 Å². The molecule has 0 amide bonds. The van der Waals surface area contributed by atoms with Gasteiger partial charge in [0.2, 0.25) is 0 Å². The molecule has 1 atom stereocenters. The minimum Gasteiger partial charge on any atom is -0.376 e. The Morgan fingerprint density at radius 3 is 2.92 bits per heavy atom. The molecule has 8 heteroatoms. The van der Waals surface area contributed by atoms with Gasteiger partial charge in [0.05, 0.1) is 12.6 Å². The Bertz CT molecular complexity index is 508. The fourth-order valence-corrected chi connectivity index (χ4v) is 3.20. The number of hydrogen-bond acceptors (Lipinski definition) is 4. The number of nitrogens with zero attached hydrogens (tertiary/aromatic N) is 5. The Kier molecular flexibility index (Phi) is 8.23. The van der Waals surface area contributed by atoms with Crippen LogP contribution in [0.2, 0.25) is 0 Å². The first-order valence-corrected chi connectivity index (χ1v) is 8.88. The molecule has 1 N–H and O–H groups in total. The molecule has 2 fully saturated rings. The summed E-state index contributed by atoms with van der Waals surface area (Å²) in [7, 11) is 0. The first-order valence-electron chi connectivity index (χ1n) is 8.88. The molecule has 0 bridgehead atoms. The van der Waals surface area contributed by atoms with Gasteiger partial charge in [0.1, 0.15) is 12.2 Å². The molecule has 2 aliphatic heterocycles. The molecule has 136 valence electrons. The van der Waals surface area contributed by atoms with Crippen molar-refractivity contribution < 1.29 is 4.74 Å². The van der Waals surface area contributed by atoms with Gasteiger partial charge in [0.25, 0.3) is 0 Å². The summed E-state index contributed by atoms with van der Waals surface area (Å²) in [6.07, 6.45) is 7.83. The van der Waals surface area contributed by atoms with Gasteiger partial charge in [-0.15, -0.1) is 34.2 Å². The molecule has 2 aliphatic rings. The number of likely N-dealkylation sites (tertiary alicyclic amines) is 1. The molecule has 1 unspecified atom stereocenters. The summed E-state index contributed by atoms with van der Waals surface area (Å²) >= 11 is 0. The first kappa shape index (κ1) is 19.4. The predicted octanol–water partition coefficient (Wildman–Crippen LogP) is 1.68. The summed E-state index contributed by atoms with van der Waals surface area (Å²) in [5.74, 6) is 2.06. The van der Waals surface area contributed by atoms with Crippen molar-refractivity contribution in [2.45, 2.75) is 51.7 Å². The van der Waals surface area contributed by atoms with Crippen LogP contribution in [0.5, 0.6) is 0 Å². The van der Waals surface area contributed by atoms with Gasteiger partial charge in [-0.3, -0.25) is 4.99 Å². The number of aliphatic imine (C=N–C) groups is 1. The fourth-order valence-electron chi connectivity index (χ4n) is 3.20. The van der Waals surface area contributed by atoms with E-state index in [1.54, 1.807) is 6.33 Å². The Morgan fingerprint density at radius 2 is 2.21 bits per heavy atom. The van der Waals surface area contributed by atoms with E-state index < -0.39 is 0 Å². The number of aromatic nitrogens is 3. The summed E-state index contributed by atoms with van der Waals surface area (Å²) in [4.78, 5) is 7.18. The summed E-state index contributed by atoms with van der Waals surface area (Å²) < 4.78 is 7.79. The third kappa shape index (κ3) is 5.30. The maximum absolute atomic E-state index is 5.69. The largest absolute Gasteiger partial charge is 0.376 e. The number of halogens is 1. The second-order valence-electron chi connectivity index (χ2n) is 6.21. The quantitative estimate of drug-likeness (QED) is 0.408. The van der Waals surface area contributed by atoms with E-state index in [2.05, 4.69) is 31.9 Å². The van der Waals surface area contributed by atoms with E-state index in [0.29, 0.717) is 6.10 Å². The van der Waals surface area contributed by atoms with Crippen LogP contribution in [0.25, 0.3) is 0 Å². The highest BCUT2D eigenvalue weighted by atomic mass is 127. The summed E-state index contributed by atoms with van der Waals surface area (Å²) in [6.45, 7) is 7.67. The number of nitrogens with one attached hydrogen (secondary N) is 1. The lowest BCUT2D eigenvalue weighted by molar-refractivity contribution is 0.117. The third-order valence-corrected chi connectivity index (χ3v) is 4.52. The first-order chi connectivity index (χ1) is 11.4. The van der Waals surface area contributed by atoms with Gasteiger partial charge in [-0.05, 0) is 25.7 Å². The van der Waals surface area contributed by atoms with Crippen LogP contribution < -0.4 is 5.32 Å². The van der Waals surface area contributed by atoms with E-state index in [-0.39, 0.29) is 24.0 Å². The van der Waals surface area contributed by atoms with Crippen molar-refractivity contribution in [3.05, 3.63) is 12.2 Å². The number of hydrogen-bond donors (Lipinski definition) is 1. The van der Waals surface area contributed by atoms with E-state index in [1.807, 2.05) is 0 Å². The van der Waals surface area contributed by atoms with Crippen molar-refractivity contribution >= 4 is 29.9 Å². The highest BCUT2D eigenvalue weighted by Gasteiger charge is 2.19. The standard InChI is InChI=1S/C16H28N6O.HI/c1-2-15-20-19-13-22(15)10-7-17-16(21-8-3-4-9-21)18-12-14-6-5-11-23-14;/h13-14H,2-12H2,1H3,(H,17,18);1H. The maximum Gasteiger partial charge on any atom is 0.194 e. The molecule has 2 saturated heterocycles. The predicted molar refractivity (Wildman–Crippen MR) is 105 cm³/mol. The second kappa shape index (κ2) is 10.2. The topological polar surface area (TPSA) is 67.6 Å². The van der Waals surface area contributed by atoms with Crippen LogP contribution in [-0.2, 0) is 17.7 Å². The van der Waals surface area contributed by atoms with Crippen LogP contribution in [-0.4, -0.2) is 64.5 Å². The Balaban J connectivity index is 0.00000208. The van der Waals surface area contributed by atoms with Crippen LogP contribution in [0.15, 0.2) is 11.3 Å². The molecule has 0 aliphatic carbocycles. The highest BCUT2D eigenvalue weighted by Crippen LogP contribution is 2.13. The Hall–Kier alpha value is -0.900. The van der Waals surface area contributed by atoms with E-state index in [1.165, 1.54) is 19.3 Å². The van der Waals surface area contributed by atoms with Gasteiger partial charge in [0, 0.05) is 39.2 Å². The normalized spacial score (nSPS) is 21.1.